The summed E-state index contributed by atoms with van der Waals surface area (Å²) in [6, 6.07) is 6.50. The highest BCUT2D eigenvalue weighted by Gasteiger charge is 2.25. The number of hydrogen-bond acceptors (Lipinski definition) is 8. The first-order chi connectivity index (χ1) is 16.3. The number of fused-ring (bicyclic) bond motifs is 2. The van der Waals surface area contributed by atoms with Crippen molar-refractivity contribution in [3.8, 4) is 6.01 Å². The van der Waals surface area contributed by atoms with Gasteiger partial charge in [0.15, 0.2) is 11.5 Å². The molecular weight excluding hydrogens is 432 g/mol. The number of benzene rings is 1. The van der Waals surface area contributed by atoms with Crippen molar-refractivity contribution >= 4 is 34.0 Å². The molecule has 0 spiro atoms. The molecule has 0 radical (unpaired) electrons. The van der Waals surface area contributed by atoms with Gasteiger partial charge in [-0.15, -0.1) is 5.10 Å². The molecule has 4 aromatic rings. The number of carbonyl (C=O) groups is 1. The average Bonchev–Trinajstić information content (AvgIpc) is 3.18. The SMILES string of the molecule is COc1ncc2c(N3C[C@H](C)N[C@@H](C)C3)ccc(C(=O)Nc3cc(C)c4nc(C)cn4n3)c2n1. The fourth-order valence-electron chi connectivity index (χ4n) is 4.66. The molecule has 0 aliphatic carbocycles. The molecule has 4 heterocycles. The van der Waals surface area contributed by atoms with Crippen LogP contribution >= 0.6 is 0 Å². The van der Waals surface area contributed by atoms with Crippen molar-refractivity contribution in [2.24, 2.45) is 0 Å². The third-order valence-corrected chi connectivity index (χ3v) is 6.00. The maximum atomic E-state index is 13.4. The van der Waals surface area contributed by atoms with Crippen LogP contribution in [0.1, 0.15) is 35.5 Å². The van der Waals surface area contributed by atoms with Crippen molar-refractivity contribution in [3.05, 3.63) is 47.4 Å². The number of amides is 1. The zero-order valence-electron chi connectivity index (χ0n) is 20.0. The number of nitrogens with one attached hydrogen (secondary N) is 2. The van der Waals surface area contributed by atoms with E-state index in [1.54, 1.807) is 10.7 Å². The van der Waals surface area contributed by atoms with E-state index in [0.717, 1.165) is 41.1 Å². The van der Waals surface area contributed by atoms with E-state index < -0.39 is 0 Å². The average molecular weight is 461 g/mol. The van der Waals surface area contributed by atoms with Crippen molar-refractivity contribution in [2.45, 2.75) is 39.8 Å². The topological polar surface area (TPSA) is 110 Å². The van der Waals surface area contributed by atoms with E-state index >= 15 is 0 Å². The van der Waals surface area contributed by atoms with Gasteiger partial charge >= 0.3 is 6.01 Å². The zero-order chi connectivity index (χ0) is 24.0. The molecule has 3 aromatic heterocycles. The Labute approximate surface area is 197 Å². The van der Waals surface area contributed by atoms with Gasteiger partial charge in [-0.2, -0.15) is 4.98 Å². The Balaban J connectivity index is 1.54. The second-order valence-corrected chi connectivity index (χ2v) is 8.94. The van der Waals surface area contributed by atoms with Gasteiger partial charge in [0.05, 0.1) is 30.1 Å². The summed E-state index contributed by atoms with van der Waals surface area (Å²) >= 11 is 0. The van der Waals surface area contributed by atoms with Gasteiger partial charge in [0, 0.05) is 42.4 Å². The minimum absolute atomic E-state index is 0.213. The molecule has 5 rings (SSSR count). The highest BCUT2D eigenvalue weighted by atomic mass is 16.5. The summed E-state index contributed by atoms with van der Waals surface area (Å²) in [5, 5.41) is 11.8. The molecule has 176 valence electrons. The summed E-state index contributed by atoms with van der Waals surface area (Å²) in [6.45, 7) is 9.89. The summed E-state index contributed by atoms with van der Waals surface area (Å²) in [5.74, 6) is 0.137. The van der Waals surface area contributed by atoms with Crippen LogP contribution in [0.5, 0.6) is 6.01 Å². The van der Waals surface area contributed by atoms with E-state index in [-0.39, 0.29) is 11.9 Å². The summed E-state index contributed by atoms with van der Waals surface area (Å²) in [4.78, 5) is 29.0. The lowest BCUT2D eigenvalue weighted by molar-refractivity contribution is 0.102. The first-order valence-electron chi connectivity index (χ1n) is 11.3. The van der Waals surface area contributed by atoms with Crippen molar-refractivity contribution in [1.82, 2.24) is 29.9 Å². The number of piperazine rings is 1. The van der Waals surface area contributed by atoms with Crippen LogP contribution in [0.4, 0.5) is 11.5 Å². The highest BCUT2D eigenvalue weighted by Crippen LogP contribution is 2.31. The molecule has 2 N–H and O–H groups in total. The van der Waals surface area contributed by atoms with E-state index in [9.17, 15) is 4.79 Å². The van der Waals surface area contributed by atoms with Crippen LogP contribution in [-0.2, 0) is 0 Å². The van der Waals surface area contributed by atoms with E-state index in [4.69, 9.17) is 4.74 Å². The maximum absolute atomic E-state index is 13.4. The Bertz CT molecular complexity index is 1390. The van der Waals surface area contributed by atoms with E-state index in [0.29, 0.717) is 29.0 Å². The molecule has 0 bridgehead atoms. The minimum atomic E-state index is -0.303. The Kier molecular flexibility index (Phi) is 5.52. The molecule has 0 saturated carbocycles. The van der Waals surface area contributed by atoms with Gasteiger partial charge in [0.25, 0.3) is 5.91 Å². The second kappa shape index (κ2) is 8.53. The molecule has 1 amide bonds. The number of anilines is 2. The number of methoxy groups -OCH3 is 1. The molecule has 1 saturated heterocycles. The number of nitrogens with zero attached hydrogens (tertiary/aromatic N) is 6. The number of aryl methyl sites for hydroxylation is 2. The number of hydrogen-bond donors (Lipinski definition) is 2. The third-order valence-electron chi connectivity index (χ3n) is 6.00. The Hall–Kier alpha value is -3.79. The van der Waals surface area contributed by atoms with Crippen molar-refractivity contribution in [1.29, 1.82) is 0 Å². The third kappa shape index (κ3) is 4.01. The quantitative estimate of drug-likeness (QED) is 0.478. The van der Waals surface area contributed by atoms with Gasteiger partial charge in [0.2, 0.25) is 0 Å². The van der Waals surface area contributed by atoms with Gasteiger partial charge in [-0.1, -0.05) is 0 Å². The fraction of sp³-hybridized carbons (Fsp3) is 0.375. The molecule has 10 nitrogen and oxygen atoms in total. The van der Waals surface area contributed by atoms with Crippen molar-refractivity contribution < 1.29 is 9.53 Å². The van der Waals surface area contributed by atoms with Gasteiger partial charge in [-0.05, 0) is 51.5 Å². The Morgan fingerprint density at radius 2 is 1.94 bits per heavy atom. The second-order valence-electron chi connectivity index (χ2n) is 8.94. The van der Waals surface area contributed by atoms with Crippen LogP contribution in [0.3, 0.4) is 0 Å². The van der Waals surface area contributed by atoms with Crippen LogP contribution < -0.4 is 20.3 Å². The first-order valence-corrected chi connectivity index (χ1v) is 11.3. The van der Waals surface area contributed by atoms with E-state index in [2.05, 4.69) is 49.4 Å². The van der Waals surface area contributed by atoms with Crippen LogP contribution in [-0.4, -0.2) is 62.8 Å². The van der Waals surface area contributed by atoms with Gasteiger partial charge < -0.3 is 20.3 Å². The van der Waals surface area contributed by atoms with Crippen LogP contribution in [0.25, 0.3) is 16.6 Å². The van der Waals surface area contributed by atoms with Crippen LogP contribution in [0.15, 0.2) is 30.6 Å². The van der Waals surface area contributed by atoms with Crippen molar-refractivity contribution in [2.75, 3.05) is 30.4 Å². The molecule has 1 fully saturated rings. The molecule has 1 aromatic carbocycles. The first kappa shape index (κ1) is 22.0. The summed E-state index contributed by atoms with van der Waals surface area (Å²) in [5.41, 5.74) is 4.51. The minimum Gasteiger partial charge on any atom is -0.467 e. The zero-order valence-corrected chi connectivity index (χ0v) is 20.0. The smallest absolute Gasteiger partial charge is 0.316 e. The summed E-state index contributed by atoms with van der Waals surface area (Å²) in [7, 11) is 1.51. The van der Waals surface area contributed by atoms with Gasteiger partial charge in [0.1, 0.15) is 0 Å². The van der Waals surface area contributed by atoms with E-state index in [1.165, 1.54) is 7.11 Å². The molecule has 34 heavy (non-hydrogen) atoms. The number of ether oxygens (including phenoxy) is 1. The van der Waals surface area contributed by atoms with Gasteiger partial charge in [-0.3, -0.25) is 4.79 Å². The van der Waals surface area contributed by atoms with E-state index in [1.807, 2.05) is 38.2 Å². The predicted octanol–water partition coefficient (Wildman–Crippen LogP) is 2.74. The molecule has 0 unspecified atom stereocenters. The Morgan fingerprint density at radius 1 is 1.18 bits per heavy atom. The summed E-state index contributed by atoms with van der Waals surface area (Å²) < 4.78 is 6.94. The molecule has 10 heteroatoms. The summed E-state index contributed by atoms with van der Waals surface area (Å²) in [6.07, 6.45) is 3.56. The van der Waals surface area contributed by atoms with Crippen molar-refractivity contribution in [3.63, 3.8) is 0 Å². The fourth-order valence-corrected chi connectivity index (χ4v) is 4.66. The standard InChI is InChI=1S/C24H28N8O2/c1-13-8-20(30-32-12-16(4)27-22(13)32)28-23(33)17-6-7-19(31-10-14(2)26-15(3)11-31)18-9-25-24(34-5)29-21(17)18/h6-9,12,14-15,26H,10-11H2,1-5H3,(H,28,30,33)/t14-,15-/m0/s1. The molecule has 2 atom stereocenters. The predicted molar refractivity (Wildman–Crippen MR) is 131 cm³/mol. The molecule has 1 aliphatic heterocycles. The maximum Gasteiger partial charge on any atom is 0.316 e. The largest absolute Gasteiger partial charge is 0.467 e. The lowest BCUT2D eigenvalue weighted by atomic mass is 10.0. The highest BCUT2D eigenvalue weighted by molar-refractivity contribution is 6.13. The monoisotopic (exact) mass is 460 g/mol. The number of aromatic nitrogens is 5. The normalized spacial score (nSPS) is 18.4. The lowest BCUT2D eigenvalue weighted by Gasteiger charge is -2.38. The Morgan fingerprint density at radius 3 is 2.68 bits per heavy atom. The van der Waals surface area contributed by atoms with Crippen LogP contribution in [0, 0.1) is 13.8 Å². The number of carbonyl (C=O) groups excluding carboxylic acids is 1. The van der Waals surface area contributed by atoms with Gasteiger partial charge in [-0.25, -0.2) is 14.5 Å². The number of rotatable bonds is 4. The number of imidazole rings is 1. The van der Waals surface area contributed by atoms with Crippen LogP contribution in [0.2, 0.25) is 0 Å². The molecule has 1 aliphatic rings. The molecular formula is C24H28N8O2. The lowest BCUT2D eigenvalue weighted by Crippen LogP contribution is -2.54.